The highest BCUT2D eigenvalue weighted by Gasteiger charge is 2.10. The van der Waals surface area contributed by atoms with Gasteiger partial charge in [0.25, 0.3) is 0 Å². The van der Waals surface area contributed by atoms with Crippen molar-refractivity contribution in [1.82, 2.24) is 0 Å². The van der Waals surface area contributed by atoms with Gasteiger partial charge in [0.2, 0.25) is 0 Å². The second-order valence-corrected chi connectivity index (χ2v) is 9.08. The zero-order valence-corrected chi connectivity index (χ0v) is 17.1. The summed E-state index contributed by atoms with van der Waals surface area (Å²) < 4.78 is 23.8. The molecule has 4 nitrogen and oxygen atoms in total. The Morgan fingerprint density at radius 2 is 1.28 bits per heavy atom. The number of carboxylic acids is 1. The van der Waals surface area contributed by atoms with Crippen molar-refractivity contribution >= 4 is 15.8 Å². The zero-order chi connectivity index (χ0) is 19.0. The summed E-state index contributed by atoms with van der Waals surface area (Å²) in [7, 11) is -3.08. The molecular formula is C20H38O4S. The van der Waals surface area contributed by atoms with Gasteiger partial charge in [-0.1, -0.05) is 70.8 Å². The molecule has 1 N–H and O–H groups in total. The average molecular weight is 375 g/mol. The van der Waals surface area contributed by atoms with Gasteiger partial charge in [0.15, 0.2) is 9.84 Å². The van der Waals surface area contributed by atoms with Crippen molar-refractivity contribution in [3.05, 3.63) is 11.0 Å². The monoisotopic (exact) mass is 374 g/mol. The van der Waals surface area contributed by atoms with Crippen molar-refractivity contribution in [3.8, 4) is 0 Å². The van der Waals surface area contributed by atoms with Gasteiger partial charge in [0.1, 0.15) is 0 Å². The molecule has 0 aromatic rings. The topological polar surface area (TPSA) is 71.4 Å². The fourth-order valence-corrected chi connectivity index (χ4v) is 3.84. The molecule has 0 heterocycles. The molecular weight excluding hydrogens is 336 g/mol. The number of sulfone groups is 1. The van der Waals surface area contributed by atoms with Gasteiger partial charge in [-0.15, -0.1) is 0 Å². The first-order chi connectivity index (χ1) is 11.9. The molecule has 0 aliphatic rings. The molecule has 0 bridgehead atoms. The van der Waals surface area contributed by atoms with Crippen LogP contribution in [0.2, 0.25) is 0 Å². The van der Waals surface area contributed by atoms with E-state index in [1.54, 1.807) is 0 Å². The fraction of sp³-hybridized carbons (Fsp3) is 0.850. The molecule has 5 heteroatoms. The van der Waals surface area contributed by atoms with Crippen LogP contribution in [0.3, 0.4) is 0 Å². The Bertz CT molecular complexity index is 466. The lowest BCUT2D eigenvalue weighted by atomic mass is 10.1. The molecule has 0 atom stereocenters. The molecule has 148 valence electrons. The van der Waals surface area contributed by atoms with E-state index in [0.717, 1.165) is 51.4 Å². The summed E-state index contributed by atoms with van der Waals surface area (Å²) in [5.41, 5.74) is 0. The first-order valence-corrected chi connectivity index (χ1v) is 11.9. The third-order valence-corrected chi connectivity index (χ3v) is 5.79. The number of hydrogen-bond acceptors (Lipinski definition) is 3. The second-order valence-electron chi connectivity index (χ2n) is 7.01. The zero-order valence-electron chi connectivity index (χ0n) is 16.3. The third-order valence-electron chi connectivity index (χ3n) is 4.47. The normalized spacial score (nSPS) is 12.5. The smallest absolute Gasteiger partial charge is 0.303 e. The van der Waals surface area contributed by atoms with Crippen LogP contribution in [-0.2, 0) is 14.6 Å². The summed E-state index contributed by atoms with van der Waals surface area (Å²) in [5, 5.41) is 8.57. The van der Waals surface area contributed by atoms with E-state index in [9.17, 15) is 13.2 Å². The van der Waals surface area contributed by atoms with E-state index in [1.807, 2.05) is 6.08 Å². The Morgan fingerprint density at radius 3 is 1.80 bits per heavy atom. The van der Waals surface area contributed by atoms with E-state index in [0.29, 0.717) is 11.3 Å². The van der Waals surface area contributed by atoms with Gasteiger partial charge >= 0.3 is 5.97 Å². The Morgan fingerprint density at radius 1 is 0.800 bits per heavy atom. The number of allylic oxidation sites excluding steroid dienone is 2. The van der Waals surface area contributed by atoms with Gasteiger partial charge in [0, 0.05) is 17.6 Å². The number of carboxylic acid groups (broad SMARTS) is 1. The lowest BCUT2D eigenvalue weighted by molar-refractivity contribution is -0.137. The number of unbranched alkanes of at least 4 members (excludes halogenated alkanes) is 11. The summed E-state index contributed by atoms with van der Waals surface area (Å²) in [4.78, 5) is 11.0. The number of hydrogen-bond donors (Lipinski definition) is 1. The number of aliphatic carboxylic acids is 1. The van der Waals surface area contributed by atoms with E-state index in [2.05, 4.69) is 6.92 Å². The minimum Gasteiger partial charge on any atom is -0.481 e. The molecule has 0 rings (SSSR count). The van der Waals surface area contributed by atoms with Crippen LogP contribution in [-0.4, -0.2) is 25.7 Å². The van der Waals surface area contributed by atoms with Gasteiger partial charge in [-0.3, -0.25) is 4.79 Å². The average Bonchev–Trinajstić information content (AvgIpc) is 2.53. The molecule has 0 aliphatic heterocycles. The molecule has 0 radical (unpaired) electrons. The predicted octanol–water partition coefficient (Wildman–Crippen LogP) is 5.87. The summed E-state index contributed by atoms with van der Waals surface area (Å²) in [6.45, 7) is 2.21. The van der Waals surface area contributed by atoms with Gasteiger partial charge in [-0.2, -0.15) is 0 Å². The summed E-state index contributed by atoms with van der Waals surface area (Å²) in [6, 6.07) is 0. The van der Waals surface area contributed by atoms with Crippen LogP contribution >= 0.6 is 0 Å². The van der Waals surface area contributed by atoms with E-state index in [4.69, 9.17) is 5.11 Å². The molecule has 0 fully saturated rings. The largest absolute Gasteiger partial charge is 0.481 e. The molecule has 0 saturated heterocycles. The molecule has 0 aliphatic carbocycles. The highest BCUT2D eigenvalue weighted by atomic mass is 32.2. The maximum atomic E-state index is 11.9. The van der Waals surface area contributed by atoms with Crippen molar-refractivity contribution in [2.45, 2.75) is 103 Å². The van der Waals surface area contributed by atoms with Crippen LogP contribution in [0.25, 0.3) is 0 Å². The molecule has 25 heavy (non-hydrogen) atoms. The minimum atomic E-state index is -3.08. The van der Waals surface area contributed by atoms with Crippen LogP contribution in [0, 0.1) is 0 Å². The van der Waals surface area contributed by atoms with Gasteiger partial charge in [0.05, 0.1) is 0 Å². The summed E-state index contributed by atoms with van der Waals surface area (Å²) >= 11 is 0. The molecule has 0 aromatic carbocycles. The lowest BCUT2D eigenvalue weighted by Gasteiger charge is -2.06. The Balaban J connectivity index is 3.90. The SMILES string of the molecule is CCCCCCCCCC(=CCCCCCCCC(=O)O)S(C)(=O)=O. The Hall–Kier alpha value is -0.840. The first kappa shape index (κ1) is 24.2. The number of rotatable bonds is 17. The maximum Gasteiger partial charge on any atom is 0.303 e. The van der Waals surface area contributed by atoms with Crippen LogP contribution in [0.1, 0.15) is 103 Å². The van der Waals surface area contributed by atoms with Gasteiger partial charge in [-0.25, -0.2) is 8.42 Å². The summed E-state index contributed by atoms with van der Waals surface area (Å²) in [6.07, 6.45) is 18.0. The van der Waals surface area contributed by atoms with E-state index < -0.39 is 15.8 Å². The third kappa shape index (κ3) is 16.4. The van der Waals surface area contributed by atoms with E-state index in [-0.39, 0.29) is 6.42 Å². The minimum absolute atomic E-state index is 0.247. The number of carbonyl (C=O) groups is 1. The predicted molar refractivity (Wildman–Crippen MR) is 105 cm³/mol. The molecule has 0 spiro atoms. The van der Waals surface area contributed by atoms with Crippen molar-refractivity contribution < 1.29 is 18.3 Å². The van der Waals surface area contributed by atoms with E-state index >= 15 is 0 Å². The maximum absolute atomic E-state index is 11.9. The van der Waals surface area contributed by atoms with Crippen LogP contribution < -0.4 is 0 Å². The summed E-state index contributed by atoms with van der Waals surface area (Å²) in [5.74, 6) is -0.730. The van der Waals surface area contributed by atoms with Crippen LogP contribution in [0.5, 0.6) is 0 Å². The first-order valence-electron chi connectivity index (χ1n) is 9.98. The van der Waals surface area contributed by atoms with Crippen molar-refractivity contribution in [3.63, 3.8) is 0 Å². The quantitative estimate of drug-likeness (QED) is 0.323. The molecule has 0 unspecified atom stereocenters. The van der Waals surface area contributed by atoms with E-state index in [1.165, 1.54) is 38.4 Å². The Kier molecular flexibility index (Phi) is 14.9. The second kappa shape index (κ2) is 15.4. The van der Waals surface area contributed by atoms with Gasteiger partial charge in [-0.05, 0) is 32.1 Å². The highest BCUT2D eigenvalue weighted by molar-refractivity contribution is 7.94. The van der Waals surface area contributed by atoms with Gasteiger partial charge < -0.3 is 5.11 Å². The van der Waals surface area contributed by atoms with Crippen LogP contribution in [0.4, 0.5) is 0 Å². The highest BCUT2D eigenvalue weighted by Crippen LogP contribution is 2.18. The lowest BCUT2D eigenvalue weighted by Crippen LogP contribution is -2.01. The fourth-order valence-electron chi connectivity index (χ4n) is 2.91. The van der Waals surface area contributed by atoms with Crippen molar-refractivity contribution in [2.75, 3.05) is 6.26 Å². The Labute approximate surface area is 155 Å². The standard InChI is InChI=1S/C20H38O4S/c1-3-4-5-6-7-10-13-16-19(25(2,23)24)17-14-11-8-9-12-15-18-20(21)22/h17H,3-16,18H2,1-2H3,(H,21,22). The van der Waals surface area contributed by atoms with Crippen molar-refractivity contribution in [2.24, 2.45) is 0 Å². The van der Waals surface area contributed by atoms with Crippen molar-refractivity contribution in [1.29, 1.82) is 0 Å². The molecule has 0 saturated carbocycles. The molecule has 0 amide bonds. The van der Waals surface area contributed by atoms with Crippen LogP contribution in [0.15, 0.2) is 11.0 Å². The molecule has 0 aromatic heterocycles.